The maximum atomic E-state index is 5.60. The zero-order chi connectivity index (χ0) is 12.0. The third-order valence-corrected chi connectivity index (χ3v) is 3.08. The molecule has 2 nitrogen and oxygen atoms in total. The standard InChI is InChI=1S/C14H24O2/c1-5-15-14(16-6-2)13-9-7-12(8-10-13)11(3)4/h9,12,14H,3,5-8,10H2,1-2,4H3. The Morgan fingerprint density at radius 1 is 1.44 bits per heavy atom. The van der Waals surface area contributed by atoms with E-state index in [9.17, 15) is 0 Å². The molecule has 92 valence electrons. The largest absolute Gasteiger partial charge is 0.349 e. The van der Waals surface area contributed by atoms with Crippen molar-refractivity contribution < 1.29 is 9.47 Å². The second-order valence-electron chi connectivity index (χ2n) is 4.34. The van der Waals surface area contributed by atoms with Crippen LogP contribution in [0.1, 0.15) is 40.0 Å². The molecule has 1 atom stereocenters. The summed E-state index contributed by atoms with van der Waals surface area (Å²) in [5, 5.41) is 0. The highest BCUT2D eigenvalue weighted by Crippen LogP contribution is 2.30. The molecule has 1 aliphatic carbocycles. The molecule has 16 heavy (non-hydrogen) atoms. The van der Waals surface area contributed by atoms with Crippen LogP contribution < -0.4 is 0 Å². The average molecular weight is 224 g/mol. The van der Waals surface area contributed by atoms with Crippen LogP contribution in [0.3, 0.4) is 0 Å². The van der Waals surface area contributed by atoms with Crippen molar-refractivity contribution in [3.8, 4) is 0 Å². The summed E-state index contributed by atoms with van der Waals surface area (Å²) >= 11 is 0. The Bertz CT molecular complexity index is 249. The van der Waals surface area contributed by atoms with E-state index in [1.807, 2.05) is 13.8 Å². The van der Waals surface area contributed by atoms with Crippen LogP contribution in [0.4, 0.5) is 0 Å². The lowest BCUT2D eigenvalue weighted by Crippen LogP contribution is -2.22. The van der Waals surface area contributed by atoms with Crippen LogP contribution in [0.15, 0.2) is 23.8 Å². The highest BCUT2D eigenvalue weighted by Gasteiger charge is 2.21. The molecule has 0 saturated heterocycles. The molecule has 0 saturated carbocycles. The first-order valence-corrected chi connectivity index (χ1v) is 6.26. The molecule has 0 N–H and O–H groups in total. The summed E-state index contributed by atoms with van der Waals surface area (Å²) < 4.78 is 11.2. The van der Waals surface area contributed by atoms with Gasteiger partial charge in [-0.2, -0.15) is 0 Å². The minimum absolute atomic E-state index is 0.124. The van der Waals surface area contributed by atoms with Gasteiger partial charge < -0.3 is 9.47 Å². The quantitative estimate of drug-likeness (QED) is 0.506. The van der Waals surface area contributed by atoms with Crippen molar-refractivity contribution >= 4 is 0 Å². The smallest absolute Gasteiger partial charge is 0.179 e. The van der Waals surface area contributed by atoms with Crippen molar-refractivity contribution in [3.05, 3.63) is 23.8 Å². The van der Waals surface area contributed by atoms with E-state index in [2.05, 4.69) is 19.6 Å². The second-order valence-corrected chi connectivity index (χ2v) is 4.34. The molecule has 0 aromatic carbocycles. The summed E-state index contributed by atoms with van der Waals surface area (Å²) in [5.41, 5.74) is 2.60. The van der Waals surface area contributed by atoms with E-state index in [0.29, 0.717) is 19.1 Å². The van der Waals surface area contributed by atoms with Crippen LogP contribution in [-0.2, 0) is 9.47 Å². The summed E-state index contributed by atoms with van der Waals surface area (Å²) in [7, 11) is 0. The monoisotopic (exact) mass is 224 g/mol. The van der Waals surface area contributed by atoms with Gasteiger partial charge in [-0.1, -0.05) is 18.2 Å². The van der Waals surface area contributed by atoms with E-state index in [-0.39, 0.29) is 6.29 Å². The van der Waals surface area contributed by atoms with Gasteiger partial charge in [0.1, 0.15) is 0 Å². The highest BCUT2D eigenvalue weighted by molar-refractivity contribution is 5.14. The first-order chi connectivity index (χ1) is 7.69. The Balaban J connectivity index is 2.55. The van der Waals surface area contributed by atoms with Crippen LogP contribution in [0, 0.1) is 5.92 Å². The average Bonchev–Trinajstić information content (AvgIpc) is 2.29. The molecule has 0 aromatic rings. The van der Waals surface area contributed by atoms with E-state index in [4.69, 9.17) is 9.47 Å². The van der Waals surface area contributed by atoms with Gasteiger partial charge in [-0.05, 0) is 51.5 Å². The van der Waals surface area contributed by atoms with Crippen molar-refractivity contribution in [2.24, 2.45) is 5.92 Å². The fraction of sp³-hybridized carbons (Fsp3) is 0.714. The Kier molecular flexibility index (Phi) is 5.78. The highest BCUT2D eigenvalue weighted by atomic mass is 16.7. The predicted molar refractivity (Wildman–Crippen MR) is 67.3 cm³/mol. The summed E-state index contributed by atoms with van der Waals surface area (Å²) in [4.78, 5) is 0. The number of allylic oxidation sites excluding steroid dienone is 2. The zero-order valence-electron chi connectivity index (χ0n) is 10.8. The SMILES string of the molecule is C=C(C)C1CC=C(C(OCC)OCC)CC1. The van der Waals surface area contributed by atoms with Crippen molar-refractivity contribution in [1.82, 2.24) is 0 Å². The van der Waals surface area contributed by atoms with E-state index < -0.39 is 0 Å². The normalized spacial score (nSPS) is 21.0. The van der Waals surface area contributed by atoms with Gasteiger partial charge in [0.05, 0.1) is 0 Å². The van der Waals surface area contributed by atoms with E-state index in [0.717, 1.165) is 12.8 Å². The molecule has 0 heterocycles. The molecular formula is C14H24O2. The zero-order valence-corrected chi connectivity index (χ0v) is 10.8. The minimum Gasteiger partial charge on any atom is -0.349 e. The Labute approximate surface area is 99.3 Å². The van der Waals surface area contributed by atoms with Gasteiger partial charge in [-0.3, -0.25) is 0 Å². The summed E-state index contributed by atoms with van der Waals surface area (Å²) in [6.45, 7) is 11.6. The van der Waals surface area contributed by atoms with Gasteiger partial charge >= 0.3 is 0 Å². The lowest BCUT2D eigenvalue weighted by atomic mass is 9.85. The van der Waals surface area contributed by atoms with Crippen LogP contribution in [0.25, 0.3) is 0 Å². The molecule has 2 heteroatoms. The Morgan fingerprint density at radius 2 is 2.06 bits per heavy atom. The van der Waals surface area contributed by atoms with Crippen LogP contribution in [0.2, 0.25) is 0 Å². The third kappa shape index (κ3) is 3.76. The molecule has 1 aliphatic rings. The molecule has 0 fully saturated rings. The predicted octanol–water partition coefficient (Wildman–Crippen LogP) is 3.69. The maximum absolute atomic E-state index is 5.60. The second kappa shape index (κ2) is 6.87. The van der Waals surface area contributed by atoms with Gasteiger partial charge in [0.15, 0.2) is 6.29 Å². The number of ether oxygens (including phenoxy) is 2. The molecule has 0 aliphatic heterocycles. The van der Waals surface area contributed by atoms with Gasteiger partial charge in [-0.15, -0.1) is 0 Å². The lowest BCUT2D eigenvalue weighted by Gasteiger charge is -2.27. The van der Waals surface area contributed by atoms with E-state index >= 15 is 0 Å². The number of hydrogen-bond donors (Lipinski definition) is 0. The van der Waals surface area contributed by atoms with Crippen LogP contribution in [-0.4, -0.2) is 19.5 Å². The molecule has 0 bridgehead atoms. The fourth-order valence-electron chi connectivity index (χ4n) is 2.08. The van der Waals surface area contributed by atoms with Gasteiger partial charge in [0, 0.05) is 13.2 Å². The molecular weight excluding hydrogens is 200 g/mol. The van der Waals surface area contributed by atoms with Gasteiger partial charge in [0.25, 0.3) is 0 Å². The third-order valence-electron chi connectivity index (χ3n) is 3.08. The molecule has 0 spiro atoms. The number of hydrogen-bond acceptors (Lipinski definition) is 2. The number of rotatable bonds is 6. The van der Waals surface area contributed by atoms with E-state index in [1.165, 1.54) is 17.6 Å². The Hall–Kier alpha value is -0.600. The topological polar surface area (TPSA) is 18.5 Å². The molecule has 0 aromatic heterocycles. The molecule has 0 amide bonds. The van der Waals surface area contributed by atoms with Crippen molar-refractivity contribution in [2.45, 2.75) is 46.3 Å². The summed E-state index contributed by atoms with van der Waals surface area (Å²) in [6.07, 6.45) is 5.49. The van der Waals surface area contributed by atoms with Crippen LogP contribution >= 0.6 is 0 Å². The Morgan fingerprint density at radius 3 is 2.44 bits per heavy atom. The van der Waals surface area contributed by atoms with Gasteiger partial charge in [-0.25, -0.2) is 0 Å². The fourth-order valence-corrected chi connectivity index (χ4v) is 2.08. The van der Waals surface area contributed by atoms with Crippen LogP contribution in [0.5, 0.6) is 0 Å². The van der Waals surface area contributed by atoms with Gasteiger partial charge in [0.2, 0.25) is 0 Å². The first-order valence-electron chi connectivity index (χ1n) is 6.26. The summed E-state index contributed by atoms with van der Waals surface area (Å²) in [6, 6.07) is 0. The van der Waals surface area contributed by atoms with Crippen molar-refractivity contribution in [1.29, 1.82) is 0 Å². The van der Waals surface area contributed by atoms with E-state index in [1.54, 1.807) is 0 Å². The first kappa shape index (κ1) is 13.5. The lowest BCUT2D eigenvalue weighted by molar-refractivity contribution is -0.113. The van der Waals surface area contributed by atoms with Crippen molar-refractivity contribution in [3.63, 3.8) is 0 Å². The minimum atomic E-state index is -0.124. The molecule has 1 rings (SSSR count). The molecule has 1 unspecified atom stereocenters. The van der Waals surface area contributed by atoms with Crippen molar-refractivity contribution in [2.75, 3.05) is 13.2 Å². The maximum Gasteiger partial charge on any atom is 0.179 e. The molecule has 0 radical (unpaired) electrons. The summed E-state index contributed by atoms with van der Waals surface area (Å²) in [5.74, 6) is 0.646.